The smallest absolute Gasteiger partial charge is 0.251 e. The van der Waals surface area contributed by atoms with Crippen LogP contribution in [0.2, 0.25) is 0 Å². The largest absolute Gasteiger partial charge is 0.369 e. The molecular formula is C26H33FN6O. The lowest BCUT2D eigenvalue weighted by atomic mass is 9.94. The average molecular weight is 465 g/mol. The summed E-state index contributed by atoms with van der Waals surface area (Å²) in [5.41, 5.74) is 5.10. The number of nitrogens with zero attached hydrogens (tertiary/aromatic N) is 5. The van der Waals surface area contributed by atoms with Crippen molar-refractivity contribution in [3.05, 3.63) is 58.4 Å². The zero-order valence-electron chi connectivity index (χ0n) is 20.7. The standard InChI is InChI=1S/C26H33FN6O/c1-16-13-17(2)29-26(28-16)33-19(4)22(18(3)31-33)15-25(34)30-20-11-12-24(23(27)14-20)32(5)21-9-7-6-8-10-21/h11-14,21H,6-10,15H2,1-5H3,(H,30,34). The van der Waals surface area contributed by atoms with E-state index in [1.54, 1.807) is 16.8 Å². The Morgan fingerprint density at radius 2 is 1.76 bits per heavy atom. The van der Waals surface area contributed by atoms with Gasteiger partial charge in [0, 0.05) is 41.4 Å². The van der Waals surface area contributed by atoms with Crippen LogP contribution in [0.1, 0.15) is 60.4 Å². The van der Waals surface area contributed by atoms with Gasteiger partial charge in [0.1, 0.15) is 5.82 Å². The van der Waals surface area contributed by atoms with Crippen molar-refractivity contribution in [1.29, 1.82) is 0 Å². The average Bonchev–Trinajstić information content (AvgIpc) is 3.07. The molecule has 0 spiro atoms. The zero-order chi connectivity index (χ0) is 24.4. The minimum atomic E-state index is -0.321. The normalized spacial score (nSPS) is 14.3. The minimum Gasteiger partial charge on any atom is -0.369 e. The number of anilines is 2. The molecule has 0 radical (unpaired) electrons. The van der Waals surface area contributed by atoms with Gasteiger partial charge in [0.2, 0.25) is 5.91 Å². The van der Waals surface area contributed by atoms with Crippen LogP contribution in [0.5, 0.6) is 0 Å². The Hall–Kier alpha value is -3.29. The molecule has 4 rings (SSSR count). The number of hydrogen-bond donors (Lipinski definition) is 1. The van der Waals surface area contributed by atoms with E-state index >= 15 is 0 Å². The number of rotatable bonds is 6. The van der Waals surface area contributed by atoms with Gasteiger partial charge in [-0.3, -0.25) is 4.79 Å². The number of amides is 1. The third kappa shape index (κ3) is 5.11. The molecule has 1 aliphatic carbocycles. The predicted octanol–water partition coefficient (Wildman–Crippen LogP) is 4.99. The fourth-order valence-electron chi connectivity index (χ4n) is 4.83. The van der Waals surface area contributed by atoms with Crippen molar-refractivity contribution in [3.8, 4) is 5.95 Å². The number of carbonyl (C=O) groups excluding carboxylic acids is 1. The van der Waals surface area contributed by atoms with Gasteiger partial charge in [-0.05, 0) is 64.8 Å². The molecule has 0 bridgehead atoms. The Morgan fingerprint density at radius 3 is 2.41 bits per heavy atom. The van der Waals surface area contributed by atoms with Crippen molar-refractivity contribution in [2.24, 2.45) is 0 Å². The topological polar surface area (TPSA) is 75.9 Å². The van der Waals surface area contributed by atoms with Crippen LogP contribution in [0.4, 0.5) is 15.8 Å². The highest BCUT2D eigenvalue weighted by Crippen LogP contribution is 2.29. The Balaban J connectivity index is 1.47. The Bertz CT molecular complexity index is 1180. The number of aromatic nitrogens is 4. The number of halogens is 1. The molecule has 1 aromatic carbocycles. The van der Waals surface area contributed by atoms with Crippen molar-refractivity contribution in [2.75, 3.05) is 17.3 Å². The molecule has 0 unspecified atom stereocenters. The summed E-state index contributed by atoms with van der Waals surface area (Å²) in [4.78, 5) is 23.8. The molecule has 1 amide bonds. The van der Waals surface area contributed by atoms with E-state index < -0.39 is 0 Å². The summed E-state index contributed by atoms with van der Waals surface area (Å²) in [6.45, 7) is 7.59. The molecule has 1 aliphatic rings. The summed E-state index contributed by atoms with van der Waals surface area (Å²) in [5.74, 6) is -0.0533. The van der Waals surface area contributed by atoms with Crippen LogP contribution in [0, 0.1) is 33.5 Å². The maximum atomic E-state index is 14.9. The molecule has 2 heterocycles. The lowest BCUT2D eigenvalue weighted by molar-refractivity contribution is -0.115. The summed E-state index contributed by atoms with van der Waals surface area (Å²) in [7, 11) is 1.95. The van der Waals surface area contributed by atoms with Gasteiger partial charge in [-0.2, -0.15) is 5.10 Å². The van der Waals surface area contributed by atoms with Crippen LogP contribution in [-0.4, -0.2) is 38.7 Å². The molecule has 3 aromatic rings. The van der Waals surface area contributed by atoms with Crippen LogP contribution >= 0.6 is 0 Å². The molecule has 0 saturated heterocycles. The molecular weight excluding hydrogens is 431 g/mol. The van der Waals surface area contributed by atoms with Crippen LogP contribution in [0.3, 0.4) is 0 Å². The maximum Gasteiger partial charge on any atom is 0.251 e. The van der Waals surface area contributed by atoms with Crippen LogP contribution in [0.15, 0.2) is 24.3 Å². The SMILES string of the molecule is Cc1cc(C)nc(-n2nc(C)c(CC(=O)Nc3ccc(N(C)C4CCCCC4)c(F)c3)c2C)n1. The van der Waals surface area contributed by atoms with Crippen LogP contribution in [-0.2, 0) is 11.2 Å². The second-order valence-electron chi connectivity index (χ2n) is 9.31. The number of hydrogen-bond acceptors (Lipinski definition) is 5. The van der Waals surface area contributed by atoms with E-state index in [4.69, 9.17) is 0 Å². The molecule has 1 saturated carbocycles. The van der Waals surface area contributed by atoms with E-state index in [0.29, 0.717) is 23.4 Å². The predicted molar refractivity (Wildman–Crippen MR) is 132 cm³/mol. The van der Waals surface area contributed by atoms with E-state index in [1.165, 1.54) is 25.3 Å². The van der Waals surface area contributed by atoms with Crippen LogP contribution in [0.25, 0.3) is 5.95 Å². The molecule has 7 nitrogen and oxygen atoms in total. The first-order valence-electron chi connectivity index (χ1n) is 11.9. The van der Waals surface area contributed by atoms with Crippen molar-refractivity contribution in [2.45, 2.75) is 72.3 Å². The van der Waals surface area contributed by atoms with E-state index in [9.17, 15) is 9.18 Å². The van der Waals surface area contributed by atoms with Gasteiger partial charge in [0.25, 0.3) is 5.95 Å². The summed E-state index contributed by atoms with van der Waals surface area (Å²) >= 11 is 0. The lowest BCUT2D eigenvalue weighted by Crippen LogP contribution is -2.33. The van der Waals surface area contributed by atoms with Gasteiger partial charge in [-0.1, -0.05) is 19.3 Å². The maximum absolute atomic E-state index is 14.9. The van der Waals surface area contributed by atoms with E-state index in [-0.39, 0.29) is 18.1 Å². The molecule has 1 fully saturated rings. The fraction of sp³-hybridized carbons (Fsp3) is 0.462. The highest BCUT2D eigenvalue weighted by Gasteiger charge is 2.21. The third-order valence-corrected chi connectivity index (χ3v) is 6.67. The van der Waals surface area contributed by atoms with E-state index in [1.807, 2.05) is 45.7 Å². The number of nitrogens with one attached hydrogen (secondary N) is 1. The van der Waals surface area contributed by atoms with Gasteiger partial charge in [-0.15, -0.1) is 0 Å². The van der Waals surface area contributed by atoms with Crippen molar-refractivity contribution < 1.29 is 9.18 Å². The summed E-state index contributed by atoms with van der Waals surface area (Å²) in [6.07, 6.45) is 5.95. The lowest BCUT2D eigenvalue weighted by Gasteiger charge is -2.33. The summed E-state index contributed by atoms with van der Waals surface area (Å²) < 4.78 is 16.6. The second kappa shape index (κ2) is 9.91. The first-order chi connectivity index (χ1) is 16.2. The quantitative estimate of drug-likeness (QED) is 0.557. The molecule has 0 aliphatic heterocycles. The first-order valence-corrected chi connectivity index (χ1v) is 11.9. The number of aryl methyl sites for hydroxylation is 3. The minimum absolute atomic E-state index is 0.133. The van der Waals surface area contributed by atoms with Crippen LogP contribution < -0.4 is 10.2 Å². The molecule has 0 atom stereocenters. The molecule has 180 valence electrons. The summed E-state index contributed by atoms with van der Waals surface area (Å²) in [6, 6.07) is 7.19. The highest BCUT2D eigenvalue weighted by atomic mass is 19.1. The molecule has 8 heteroatoms. The van der Waals surface area contributed by atoms with Crippen molar-refractivity contribution in [3.63, 3.8) is 0 Å². The summed E-state index contributed by atoms with van der Waals surface area (Å²) in [5, 5.41) is 7.39. The first kappa shape index (κ1) is 23.9. The van der Waals surface area contributed by atoms with Gasteiger partial charge < -0.3 is 10.2 Å². The molecule has 1 N–H and O–H groups in total. The number of benzene rings is 1. The molecule has 34 heavy (non-hydrogen) atoms. The third-order valence-electron chi connectivity index (χ3n) is 6.67. The van der Waals surface area contributed by atoms with E-state index in [2.05, 4.69) is 20.4 Å². The van der Waals surface area contributed by atoms with Crippen molar-refractivity contribution >= 4 is 17.3 Å². The van der Waals surface area contributed by atoms with Gasteiger partial charge >= 0.3 is 0 Å². The van der Waals surface area contributed by atoms with Gasteiger partial charge in [0.05, 0.1) is 17.8 Å². The van der Waals surface area contributed by atoms with Gasteiger partial charge in [0.15, 0.2) is 0 Å². The fourth-order valence-corrected chi connectivity index (χ4v) is 4.83. The Labute approximate surface area is 200 Å². The molecule has 2 aromatic heterocycles. The zero-order valence-corrected chi connectivity index (χ0v) is 20.7. The Morgan fingerprint density at radius 1 is 1.09 bits per heavy atom. The second-order valence-corrected chi connectivity index (χ2v) is 9.31. The van der Waals surface area contributed by atoms with Gasteiger partial charge in [-0.25, -0.2) is 19.0 Å². The monoisotopic (exact) mass is 464 g/mol. The number of carbonyl (C=O) groups is 1. The highest BCUT2D eigenvalue weighted by molar-refractivity contribution is 5.92. The van der Waals surface area contributed by atoms with E-state index in [0.717, 1.165) is 41.2 Å². The van der Waals surface area contributed by atoms with Crippen molar-refractivity contribution in [1.82, 2.24) is 19.7 Å². The Kier molecular flexibility index (Phi) is 6.95.